The fraction of sp³-hybridized carbons (Fsp3) is 0.611. The zero-order valence-electron chi connectivity index (χ0n) is 13.9. The largest absolute Gasteiger partial charge is 0.464 e. The summed E-state index contributed by atoms with van der Waals surface area (Å²) in [6.07, 6.45) is 4.34. The topological polar surface area (TPSA) is 52.2 Å². The van der Waals surface area contributed by atoms with Gasteiger partial charge in [0.15, 0.2) is 0 Å². The lowest BCUT2D eigenvalue weighted by atomic mass is 9.99. The Kier molecular flexibility index (Phi) is 3.99. The van der Waals surface area contributed by atoms with Gasteiger partial charge in [-0.2, -0.15) is 5.10 Å². The lowest BCUT2D eigenvalue weighted by molar-refractivity contribution is 0.0836. The fourth-order valence-corrected chi connectivity index (χ4v) is 3.62. The molecule has 0 unspecified atom stereocenters. The zero-order chi connectivity index (χ0) is 15.8. The molecule has 2 fully saturated rings. The number of rotatable bonds is 6. The molecule has 0 spiro atoms. The summed E-state index contributed by atoms with van der Waals surface area (Å²) in [5.41, 5.74) is 1.16. The molecule has 23 heavy (non-hydrogen) atoms. The van der Waals surface area contributed by atoms with Gasteiger partial charge in [0.05, 0.1) is 12.2 Å². The van der Waals surface area contributed by atoms with Gasteiger partial charge in [-0.15, -0.1) is 0 Å². The first-order valence-electron chi connectivity index (χ1n) is 8.61. The first-order chi connectivity index (χ1) is 11.2. The minimum absolute atomic E-state index is 0.148. The number of hydrogen-bond acceptors (Lipinski definition) is 4. The molecule has 0 aromatic carbocycles. The van der Waals surface area contributed by atoms with Crippen LogP contribution in [0.1, 0.15) is 49.0 Å². The second kappa shape index (κ2) is 6.13. The highest BCUT2D eigenvalue weighted by Crippen LogP contribution is 2.47. The minimum atomic E-state index is 0.148. The number of aromatic nitrogens is 2. The molecule has 5 heteroatoms. The van der Waals surface area contributed by atoms with Gasteiger partial charge in [-0.1, -0.05) is 6.92 Å². The van der Waals surface area contributed by atoms with Crippen molar-refractivity contribution in [3.63, 3.8) is 0 Å². The monoisotopic (exact) mass is 315 g/mol. The van der Waals surface area contributed by atoms with Gasteiger partial charge in [0.1, 0.15) is 17.6 Å². The molecule has 4 rings (SSSR count). The molecule has 4 atom stereocenters. The lowest BCUT2D eigenvalue weighted by Gasteiger charge is -2.19. The summed E-state index contributed by atoms with van der Waals surface area (Å²) in [4.78, 5) is 0. The van der Waals surface area contributed by atoms with E-state index in [0.29, 0.717) is 11.8 Å². The predicted octanol–water partition coefficient (Wildman–Crippen LogP) is 3.00. The molecule has 2 aromatic rings. The Morgan fingerprint density at radius 3 is 2.96 bits per heavy atom. The molecule has 2 aliphatic rings. The summed E-state index contributed by atoms with van der Waals surface area (Å²) in [7, 11) is 1.98. The molecule has 1 N–H and O–H groups in total. The van der Waals surface area contributed by atoms with Crippen LogP contribution in [0, 0.1) is 11.8 Å². The van der Waals surface area contributed by atoms with Gasteiger partial charge < -0.3 is 14.5 Å². The SMILES string of the molecule is C[C@@H]1C[C@H]1c1ccc(CNC[C@@H]2CCO[C@H]2c2ccnn2C)o1. The van der Waals surface area contributed by atoms with Gasteiger partial charge in [-0.05, 0) is 37.0 Å². The maximum Gasteiger partial charge on any atom is 0.117 e. The first kappa shape index (κ1) is 15.0. The maximum atomic E-state index is 5.95. The molecule has 0 amide bonds. The van der Waals surface area contributed by atoms with E-state index in [-0.39, 0.29) is 6.10 Å². The van der Waals surface area contributed by atoms with Crippen LogP contribution in [0.2, 0.25) is 0 Å². The molecule has 3 heterocycles. The number of furan rings is 1. The van der Waals surface area contributed by atoms with Crippen LogP contribution in [0.15, 0.2) is 28.8 Å². The van der Waals surface area contributed by atoms with Crippen LogP contribution in [0.25, 0.3) is 0 Å². The molecule has 5 nitrogen and oxygen atoms in total. The van der Waals surface area contributed by atoms with Crippen molar-refractivity contribution in [2.75, 3.05) is 13.2 Å². The predicted molar refractivity (Wildman–Crippen MR) is 86.9 cm³/mol. The summed E-state index contributed by atoms with van der Waals surface area (Å²) in [5.74, 6) is 4.13. The molecule has 0 radical (unpaired) electrons. The summed E-state index contributed by atoms with van der Waals surface area (Å²) >= 11 is 0. The Hall–Kier alpha value is -1.59. The van der Waals surface area contributed by atoms with Crippen LogP contribution in [-0.2, 0) is 18.3 Å². The summed E-state index contributed by atoms with van der Waals surface area (Å²) in [6, 6.07) is 6.30. The fourth-order valence-electron chi connectivity index (χ4n) is 3.62. The number of ether oxygens (including phenoxy) is 1. The van der Waals surface area contributed by atoms with Crippen LogP contribution < -0.4 is 5.32 Å². The van der Waals surface area contributed by atoms with E-state index < -0.39 is 0 Å². The maximum absolute atomic E-state index is 5.95. The highest BCUT2D eigenvalue weighted by molar-refractivity contribution is 5.17. The van der Waals surface area contributed by atoms with E-state index in [9.17, 15) is 0 Å². The normalized spacial score (nSPS) is 30.0. The van der Waals surface area contributed by atoms with Crippen molar-refractivity contribution in [2.45, 2.75) is 38.3 Å². The van der Waals surface area contributed by atoms with E-state index in [4.69, 9.17) is 9.15 Å². The van der Waals surface area contributed by atoms with Crippen molar-refractivity contribution in [1.82, 2.24) is 15.1 Å². The molecule has 1 saturated heterocycles. The van der Waals surface area contributed by atoms with E-state index in [1.807, 2.05) is 17.9 Å². The Bertz CT molecular complexity index is 663. The third kappa shape index (κ3) is 3.08. The van der Waals surface area contributed by atoms with Gasteiger partial charge in [0.25, 0.3) is 0 Å². The quantitative estimate of drug-likeness (QED) is 0.890. The highest BCUT2D eigenvalue weighted by Gasteiger charge is 2.36. The van der Waals surface area contributed by atoms with Gasteiger partial charge in [-0.25, -0.2) is 0 Å². The average Bonchev–Trinajstić information content (AvgIpc) is 2.98. The van der Waals surface area contributed by atoms with Crippen molar-refractivity contribution in [3.05, 3.63) is 41.6 Å². The second-order valence-corrected chi connectivity index (χ2v) is 6.97. The number of aryl methyl sites for hydroxylation is 1. The average molecular weight is 315 g/mol. The number of nitrogens with one attached hydrogen (secondary N) is 1. The second-order valence-electron chi connectivity index (χ2n) is 6.97. The van der Waals surface area contributed by atoms with Crippen molar-refractivity contribution < 1.29 is 9.15 Å². The van der Waals surface area contributed by atoms with Crippen molar-refractivity contribution in [1.29, 1.82) is 0 Å². The Balaban J connectivity index is 1.30. The summed E-state index contributed by atoms with van der Waals surface area (Å²) in [5, 5.41) is 7.79. The van der Waals surface area contributed by atoms with Gasteiger partial charge >= 0.3 is 0 Å². The number of nitrogens with zero attached hydrogens (tertiary/aromatic N) is 2. The van der Waals surface area contributed by atoms with Crippen molar-refractivity contribution in [2.24, 2.45) is 18.9 Å². The smallest absolute Gasteiger partial charge is 0.117 e. The van der Waals surface area contributed by atoms with Crippen LogP contribution in [0.4, 0.5) is 0 Å². The zero-order valence-corrected chi connectivity index (χ0v) is 13.9. The molecule has 2 aromatic heterocycles. The minimum Gasteiger partial charge on any atom is -0.464 e. The summed E-state index contributed by atoms with van der Waals surface area (Å²) in [6.45, 7) is 4.83. The van der Waals surface area contributed by atoms with E-state index in [1.165, 1.54) is 6.42 Å². The van der Waals surface area contributed by atoms with Crippen LogP contribution >= 0.6 is 0 Å². The highest BCUT2D eigenvalue weighted by atomic mass is 16.5. The standard InChI is InChI=1S/C18H25N3O2/c1-12-9-15(12)17-4-3-14(23-17)11-19-10-13-6-8-22-18(13)16-5-7-20-21(16)2/h3-5,7,12-13,15,18-19H,6,8-11H2,1-2H3/t12-,13+,15-,18-/m1/s1. The first-order valence-corrected chi connectivity index (χ1v) is 8.61. The third-order valence-electron chi connectivity index (χ3n) is 5.23. The lowest BCUT2D eigenvalue weighted by Crippen LogP contribution is -2.25. The molecular formula is C18H25N3O2. The molecule has 1 aliphatic heterocycles. The summed E-state index contributed by atoms with van der Waals surface area (Å²) < 4.78 is 13.8. The van der Waals surface area contributed by atoms with Crippen molar-refractivity contribution in [3.8, 4) is 0 Å². The van der Waals surface area contributed by atoms with Crippen LogP contribution in [-0.4, -0.2) is 22.9 Å². The molecule has 0 bridgehead atoms. The number of hydrogen-bond donors (Lipinski definition) is 1. The van der Waals surface area contributed by atoms with Crippen molar-refractivity contribution >= 4 is 0 Å². The molecule has 1 saturated carbocycles. The van der Waals surface area contributed by atoms with Crippen LogP contribution in [0.5, 0.6) is 0 Å². The Morgan fingerprint density at radius 2 is 2.22 bits per heavy atom. The van der Waals surface area contributed by atoms with Crippen LogP contribution in [0.3, 0.4) is 0 Å². The van der Waals surface area contributed by atoms with E-state index >= 15 is 0 Å². The van der Waals surface area contributed by atoms with Gasteiger partial charge in [0.2, 0.25) is 0 Å². The van der Waals surface area contributed by atoms with Gasteiger partial charge in [-0.3, -0.25) is 4.68 Å². The Morgan fingerprint density at radius 1 is 1.35 bits per heavy atom. The van der Waals surface area contributed by atoms with E-state index in [0.717, 1.165) is 49.2 Å². The molecule has 124 valence electrons. The molecule has 1 aliphatic carbocycles. The van der Waals surface area contributed by atoms with Gasteiger partial charge in [0, 0.05) is 38.2 Å². The Labute approximate surface area is 137 Å². The van der Waals surface area contributed by atoms with E-state index in [1.54, 1.807) is 0 Å². The van der Waals surface area contributed by atoms with E-state index in [2.05, 4.69) is 35.5 Å². The molecular weight excluding hydrogens is 290 g/mol. The third-order valence-corrected chi connectivity index (χ3v) is 5.23.